The number of aliphatic carboxylic acids is 1. The maximum Gasteiger partial charge on any atom is 0.317 e. The van der Waals surface area contributed by atoms with E-state index < -0.39 is 5.97 Å². The molecular weight excluding hydrogens is 156 g/mol. The van der Waals surface area contributed by atoms with E-state index in [1.54, 1.807) is 0 Å². The third kappa shape index (κ3) is 9.39. The molecule has 4 heteroatoms. The van der Waals surface area contributed by atoms with Crippen molar-refractivity contribution in [2.45, 2.75) is 19.8 Å². The maximum atomic E-state index is 10.1. The number of carboxylic acids is 1. The minimum Gasteiger partial charge on any atom is -0.480 e. The lowest BCUT2D eigenvalue weighted by Gasteiger charge is -2.03. The van der Waals surface area contributed by atoms with Crippen molar-refractivity contribution in [1.29, 1.82) is 0 Å². The number of carboxylic acid groups (broad SMARTS) is 1. The van der Waals surface area contributed by atoms with E-state index in [-0.39, 0.29) is 6.54 Å². The fourth-order valence-electron chi connectivity index (χ4n) is 0.799. The Labute approximate surface area is 73.3 Å². The van der Waals surface area contributed by atoms with Gasteiger partial charge < -0.3 is 15.7 Å². The van der Waals surface area contributed by atoms with Gasteiger partial charge in [-0.3, -0.25) is 4.79 Å². The molecule has 0 radical (unpaired) electrons. The van der Waals surface area contributed by atoms with Gasteiger partial charge in [-0.25, -0.2) is 0 Å². The first kappa shape index (κ1) is 11.4. The van der Waals surface area contributed by atoms with Gasteiger partial charge in [0.25, 0.3) is 0 Å². The maximum absolute atomic E-state index is 10.1. The summed E-state index contributed by atoms with van der Waals surface area (Å²) >= 11 is 0. The smallest absolute Gasteiger partial charge is 0.317 e. The highest BCUT2D eigenvalue weighted by Gasteiger charge is 1.93. The Balaban J connectivity index is 2.86. The highest BCUT2D eigenvalue weighted by molar-refractivity contribution is 5.68. The van der Waals surface area contributed by atoms with Crippen LogP contribution < -0.4 is 10.6 Å². The van der Waals surface area contributed by atoms with Gasteiger partial charge in [-0.1, -0.05) is 13.3 Å². The van der Waals surface area contributed by atoms with Crippen LogP contribution >= 0.6 is 0 Å². The van der Waals surface area contributed by atoms with Crippen molar-refractivity contribution < 1.29 is 9.90 Å². The fourth-order valence-corrected chi connectivity index (χ4v) is 0.799. The molecule has 0 amide bonds. The summed E-state index contributed by atoms with van der Waals surface area (Å²) < 4.78 is 0. The monoisotopic (exact) mass is 174 g/mol. The van der Waals surface area contributed by atoms with Crippen molar-refractivity contribution in [1.82, 2.24) is 10.6 Å². The second-order valence-corrected chi connectivity index (χ2v) is 2.67. The normalized spacial score (nSPS) is 10.1. The van der Waals surface area contributed by atoms with Gasteiger partial charge in [0.1, 0.15) is 0 Å². The van der Waals surface area contributed by atoms with E-state index in [0.717, 1.165) is 19.6 Å². The summed E-state index contributed by atoms with van der Waals surface area (Å²) in [5, 5.41) is 14.3. The molecular formula is C8H18N2O2. The standard InChI is InChI=1S/C8H18N2O2/c1-2-3-4-9-5-6-10-7-8(11)12/h9-10H,2-7H2,1H3,(H,11,12). The summed E-state index contributed by atoms with van der Waals surface area (Å²) in [6, 6.07) is 0. The molecule has 0 atom stereocenters. The van der Waals surface area contributed by atoms with Gasteiger partial charge in [0.15, 0.2) is 0 Å². The molecule has 0 saturated heterocycles. The third-order valence-corrected chi connectivity index (χ3v) is 1.46. The van der Waals surface area contributed by atoms with E-state index in [1.165, 1.54) is 12.8 Å². The summed E-state index contributed by atoms with van der Waals surface area (Å²) in [4.78, 5) is 10.1. The lowest BCUT2D eigenvalue weighted by molar-refractivity contribution is -0.135. The predicted octanol–water partition coefficient (Wildman–Crippen LogP) is 0.0503. The molecule has 0 aromatic rings. The molecule has 0 rings (SSSR count). The van der Waals surface area contributed by atoms with Gasteiger partial charge in [0.05, 0.1) is 6.54 Å². The average molecular weight is 174 g/mol. The second kappa shape index (κ2) is 8.49. The quantitative estimate of drug-likeness (QED) is 0.455. The number of hydrogen-bond acceptors (Lipinski definition) is 3. The molecule has 0 aliphatic heterocycles. The highest BCUT2D eigenvalue weighted by Crippen LogP contribution is 1.80. The molecule has 4 nitrogen and oxygen atoms in total. The van der Waals surface area contributed by atoms with Crippen LogP contribution in [0.3, 0.4) is 0 Å². The fraction of sp³-hybridized carbons (Fsp3) is 0.875. The van der Waals surface area contributed by atoms with Crippen LogP contribution in [0.4, 0.5) is 0 Å². The Morgan fingerprint density at radius 3 is 2.50 bits per heavy atom. The number of unbranched alkanes of at least 4 members (excludes halogenated alkanes) is 1. The second-order valence-electron chi connectivity index (χ2n) is 2.67. The third-order valence-electron chi connectivity index (χ3n) is 1.46. The first-order valence-electron chi connectivity index (χ1n) is 4.40. The van der Waals surface area contributed by atoms with Gasteiger partial charge in [-0.2, -0.15) is 0 Å². The molecule has 0 aliphatic rings. The van der Waals surface area contributed by atoms with Crippen LogP contribution in [0.1, 0.15) is 19.8 Å². The van der Waals surface area contributed by atoms with Crippen molar-refractivity contribution in [3.8, 4) is 0 Å². The SMILES string of the molecule is CCCCNCCNCC(=O)O. The van der Waals surface area contributed by atoms with Crippen LogP contribution in [0.5, 0.6) is 0 Å². The number of rotatable bonds is 8. The number of hydrogen-bond donors (Lipinski definition) is 3. The Morgan fingerprint density at radius 2 is 1.92 bits per heavy atom. The average Bonchev–Trinajstić information content (AvgIpc) is 2.02. The molecule has 0 aromatic carbocycles. The zero-order valence-electron chi connectivity index (χ0n) is 7.60. The Kier molecular flexibility index (Phi) is 8.05. The number of nitrogens with one attached hydrogen (secondary N) is 2. The Morgan fingerprint density at radius 1 is 1.25 bits per heavy atom. The van der Waals surface area contributed by atoms with E-state index in [0.29, 0.717) is 0 Å². The van der Waals surface area contributed by atoms with Crippen molar-refractivity contribution in [2.24, 2.45) is 0 Å². The van der Waals surface area contributed by atoms with Crippen LogP contribution in [0.25, 0.3) is 0 Å². The summed E-state index contributed by atoms with van der Waals surface area (Å²) in [7, 11) is 0. The molecule has 0 spiro atoms. The minimum absolute atomic E-state index is 0.0510. The molecule has 0 aliphatic carbocycles. The van der Waals surface area contributed by atoms with Crippen molar-refractivity contribution in [3.63, 3.8) is 0 Å². The molecule has 3 N–H and O–H groups in total. The van der Waals surface area contributed by atoms with Crippen LogP contribution in [-0.2, 0) is 4.79 Å². The van der Waals surface area contributed by atoms with Crippen LogP contribution in [0.15, 0.2) is 0 Å². The molecule has 0 bridgehead atoms. The molecule has 72 valence electrons. The summed E-state index contributed by atoms with van der Waals surface area (Å²) in [6.07, 6.45) is 2.37. The predicted molar refractivity (Wildman–Crippen MR) is 48.3 cm³/mol. The molecule has 0 fully saturated rings. The first-order chi connectivity index (χ1) is 5.77. The van der Waals surface area contributed by atoms with Crippen LogP contribution in [0, 0.1) is 0 Å². The Bertz CT molecular complexity index is 118. The summed E-state index contributed by atoms with van der Waals surface area (Å²) in [5.74, 6) is -0.802. The zero-order chi connectivity index (χ0) is 9.23. The largest absolute Gasteiger partial charge is 0.480 e. The van der Waals surface area contributed by atoms with E-state index in [9.17, 15) is 4.79 Å². The summed E-state index contributed by atoms with van der Waals surface area (Å²) in [6.45, 7) is 4.77. The lowest BCUT2D eigenvalue weighted by atomic mass is 10.3. The zero-order valence-corrected chi connectivity index (χ0v) is 7.60. The van der Waals surface area contributed by atoms with E-state index in [1.807, 2.05) is 0 Å². The van der Waals surface area contributed by atoms with Crippen molar-refractivity contribution in [2.75, 3.05) is 26.2 Å². The van der Waals surface area contributed by atoms with Gasteiger partial charge >= 0.3 is 5.97 Å². The van der Waals surface area contributed by atoms with E-state index in [4.69, 9.17) is 5.11 Å². The van der Waals surface area contributed by atoms with Crippen molar-refractivity contribution in [3.05, 3.63) is 0 Å². The van der Waals surface area contributed by atoms with Gasteiger partial charge in [0, 0.05) is 13.1 Å². The highest BCUT2D eigenvalue weighted by atomic mass is 16.4. The molecule has 0 saturated carbocycles. The van der Waals surface area contributed by atoms with Crippen molar-refractivity contribution >= 4 is 5.97 Å². The number of carbonyl (C=O) groups is 1. The minimum atomic E-state index is -0.802. The molecule has 12 heavy (non-hydrogen) atoms. The van der Waals surface area contributed by atoms with E-state index in [2.05, 4.69) is 17.6 Å². The van der Waals surface area contributed by atoms with Gasteiger partial charge in [0.2, 0.25) is 0 Å². The molecule has 0 unspecified atom stereocenters. The van der Waals surface area contributed by atoms with Crippen LogP contribution in [0.2, 0.25) is 0 Å². The topological polar surface area (TPSA) is 61.4 Å². The van der Waals surface area contributed by atoms with Crippen LogP contribution in [-0.4, -0.2) is 37.3 Å². The van der Waals surface area contributed by atoms with Gasteiger partial charge in [-0.05, 0) is 13.0 Å². The lowest BCUT2D eigenvalue weighted by Crippen LogP contribution is -2.31. The first-order valence-corrected chi connectivity index (χ1v) is 4.40. The van der Waals surface area contributed by atoms with E-state index >= 15 is 0 Å². The van der Waals surface area contributed by atoms with Gasteiger partial charge in [-0.15, -0.1) is 0 Å². The summed E-state index contributed by atoms with van der Waals surface area (Å²) in [5.41, 5.74) is 0. The molecule has 0 aromatic heterocycles. The Hall–Kier alpha value is -0.610. The molecule has 0 heterocycles.